The number of hydrogen-bond acceptors (Lipinski definition) is 4. The first-order valence-electron chi connectivity index (χ1n) is 8.06. The van der Waals surface area contributed by atoms with Gasteiger partial charge in [-0.15, -0.1) is 0 Å². The highest BCUT2D eigenvalue weighted by atomic mass is 16.6. The van der Waals surface area contributed by atoms with Crippen LogP contribution in [-0.2, 0) is 4.74 Å². The van der Waals surface area contributed by atoms with E-state index in [1.165, 1.54) is 0 Å². The number of amides is 1. The molecule has 0 saturated heterocycles. The van der Waals surface area contributed by atoms with Gasteiger partial charge in [0, 0.05) is 18.1 Å². The van der Waals surface area contributed by atoms with Gasteiger partial charge in [0.15, 0.2) is 0 Å². The summed E-state index contributed by atoms with van der Waals surface area (Å²) in [5.41, 5.74) is -0.459. The van der Waals surface area contributed by atoms with E-state index >= 15 is 0 Å². The first-order valence-corrected chi connectivity index (χ1v) is 8.06. The van der Waals surface area contributed by atoms with Crippen molar-refractivity contribution in [3.63, 3.8) is 0 Å². The minimum Gasteiger partial charge on any atom is -0.444 e. The lowest BCUT2D eigenvalue weighted by molar-refractivity contribution is 0.0505. The van der Waals surface area contributed by atoms with E-state index in [-0.39, 0.29) is 24.8 Å². The van der Waals surface area contributed by atoms with Gasteiger partial charge in [0.2, 0.25) is 0 Å². The molecule has 0 aromatic heterocycles. The van der Waals surface area contributed by atoms with E-state index in [0.717, 1.165) is 25.7 Å². The molecule has 1 rings (SSSR count). The molecule has 0 aromatic rings. The zero-order valence-electron chi connectivity index (χ0n) is 14.1. The molecule has 0 bridgehead atoms. The monoisotopic (exact) mass is 300 g/mol. The van der Waals surface area contributed by atoms with Gasteiger partial charge < -0.3 is 20.5 Å². The number of ether oxygens (including phenoxy) is 1. The molecule has 5 nitrogen and oxygen atoms in total. The summed E-state index contributed by atoms with van der Waals surface area (Å²) in [6.07, 6.45) is 3.51. The molecule has 5 heteroatoms. The predicted octanol–water partition coefficient (Wildman–Crippen LogP) is 2.43. The fourth-order valence-electron chi connectivity index (χ4n) is 2.84. The highest BCUT2D eigenvalue weighted by molar-refractivity contribution is 5.68. The van der Waals surface area contributed by atoms with Crippen LogP contribution in [0.3, 0.4) is 0 Å². The highest BCUT2D eigenvalue weighted by Crippen LogP contribution is 2.21. The minimum atomic E-state index is -0.459. The standard InChI is InChI=1S/C16H32N2O3/c1-11(2)8-14(10-19)17-12-6-7-13(9-12)18-15(20)21-16(3,4)5/h11-14,17,19H,6-10H2,1-5H3,(H,18,20). The van der Waals surface area contributed by atoms with E-state index in [4.69, 9.17) is 4.74 Å². The number of carbonyl (C=O) groups is 1. The maximum absolute atomic E-state index is 11.8. The Kier molecular flexibility index (Phi) is 6.94. The van der Waals surface area contributed by atoms with Crippen LogP contribution >= 0.6 is 0 Å². The Morgan fingerprint density at radius 3 is 2.43 bits per heavy atom. The van der Waals surface area contributed by atoms with Crippen molar-refractivity contribution in [3.05, 3.63) is 0 Å². The smallest absolute Gasteiger partial charge is 0.407 e. The highest BCUT2D eigenvalue weighted by Gasteiger charge is 2.28. The molecule has 1 amide bonds. The molecular weight excluding hydrogens is 268 g/mol. The fraction of sp³-hybridized carbons (Fsp3) is 0.938. The van der Waals surface area contributed by atoms with Gasteiger partial charge in [-0.3, -0.25) is 0 Å². The number of aliphatic hydroxyl groups is 1. The van der Waals surface area contributed by atoms with E-state index in [0.29, 0.717) is 12.0 Å². The molecule has 21 heavy (non-hydrogen) atoms. The van der Waals surface area contributed by atoms with Crippen molar-refractivity contribution in [2.45, 2.75) is 84.0 Å². The van der Waals surface area contributed by atoms with Crippen LogP contribution in [-0.4, -0.2) is 41.5 Å². The molecule has 0 aliphatic heterocycles. The first kappa shape index (κ1) is 18.2. The summed E-state index contributed by atoms with van der Waals surface area (Å²) < 4.78 is 5.28. The van der Waals surface area contributed by atoms with E-state index in [9.17, 15) is 9.90 Å². The Bertz CT molecular complexity index is 326. The third-order valence-corrected chi connectivity index (χ3v) is 3.60. The topological polar surface area (TPSA) is 70.6 Å². The van der Waals surface area contributed by atoms with Crippen LogP contribution < -0.4 is 10.6 Å². The van der Waals surface area contributed by atoms with E-state index in [2.05, 4.69) is 24.5 Å². The minimum absolute atomic E-state index is 0.148. The lowest BCUT2D eigenvalue weighted by Gasteiger charge is -2.24. The molecule has 1 aliphatic rings. The summed E-state index contributed by atoms with van der Waals surface area (Å²) in [6, 6.07) is 0.673. The summed E-state index contributed by atoms with van der Waals surface area (Å²) in [5.74, 6) is 0.562. The van der Waals surface area contributed by atoms with Gasteiger partial charge in [0.1, 0.15) is 5.60 Å². The molecule has 1 fully saturated rings. The Morgan fingerprint density at radius 1 is 1.29 bits per heavy atom. The number of carbonyl (C=O) groups excluding carboxylic acids is 1. The zero-order valence-corrected chi connectivity index (χ0v) is 14.1. The van der Waals surface area contributed by atoms with Crippen molar-refractivity contribution in [1.82, 2.24) is 10.6 Å². The number of alkyl carbamates (subject to hydrolysis) is 1. The average Bonchev–Trinajstić information content (AvgIpc) is 2.72. The Hall–Kier alpha value is -0.810. The molecule has 3 atom stereocenters. The molecule has 3 unspecified atom stereocenters. The average molecular weight is 300 g/mol. The first-order chi connectivity index (χ1) is 9.69. The van der Waals surface area contributed by atoms with Crippen molar-refractivity contribution in [1.29, 1.82) is 0 Å². The summed E-state index contributed by atoms with van der Waals surface area (Å²) in [5, 5.41) is 15.9. The molecular formula is C16H32N2O3. The number of aliphatic hydroxyl groups excluding tert-OH is 1. The van der Waals surface area contributed by atoms with Gasteiger partial charge in [0.05, 0.1) is 6.61 Å². The van der Waals surface area contributed by atoms with Crippen LogP contribution in [0.4, 0.5) is 4.79 Å². The van der Waals surface area contributed by atoms with Gasteiger partial charge in [-0.25, -0.2) is 4.79 Å². The van der Waals surface area contributed by atoms with Crippen LogP contribution in [0.1, 0.15) is 60.3 Å². The molecule has 0 heterocycles. The Labute approximate surface area is 128 Å². The van der Waals surface area contributed by atoms with Crippen LogP contribution in [0, 0.1) is 5.92 Å². The third kappa shape index (κ3) is 7.67. The third-order valence-electron chi connectivity index (χ3n) is 3.60. The fourth-order valence-corrected chi connectivity index (χ4v) is 2.84. The SMILES string of the molecule is CC(C)CC(CO)NC1CCC(NC(=O)OC(C)(C)C)C1. The normalized spacial score (nSPS) is 24.1. The number of hydrogen-bond donors (Lipinski definition) is 3. The molecule has 0 radical (unpaired) electrons. The summed E-state index contributed by atoms with van der Waals surface area (Å²) in [6.45, 7) is 10.1. The lowest BCUT2D eigenvalue weighted by atomic mass is 10.0. The molecule has 0 spiro atoms. The van der Waals surface area contributed by atoms with E-state index in [1.807, 2.05) is 20.8 Å². The second-order valence-corrected chi connectivity index (χ2v) is 7.53. The second-order valence-electron chi connectivity index (χ2n) is 7.53. The zero-order chi connectivity index (χ0) is 16.0. The second kappa shape index (κ2) is 7.99. The van der Waals surface area contributed by atoms with Crippen molar-refractivity contribution in [2.75, 3.05) is 6.61 Å². The quantitative estimate of drug-likeness (QED) is 0.704. The van der Waals surface area contributed by atoms with Crippen LogP contribution in [0.5, 0.6) is 0 Å². The van der Waals surface area contributed by atoms with E-state index in [1.54, 1.807) is 0 Å². The van der Waals surface area contributed by atoms with Gasteiger partial charge >= 0.3 is 6.09 Å². The molecule has 1 aliphatic carbocycles. The molecule has 1 saturated carbocycles. The Morgan fingerprint density at radius 2 is 1.90 bits per heavy atom. The largest absolute Gasteiger partial charge is 0.444 e. The van der Waals surface area contributed by atoms with Crippen molar-refractivity contribution >= 4 is 6.09 Å². The Balaban J connectivity index is 2.33. The van der Waals surface area contributed by atoms with Gasteiger partial charge in [-0.2, -0.15) is 0 Å². The van der Waals surface area contributed by atoms with Crippen molar-refractivity contribution < 1.29 is 14.6 Å². The summed E-state index contributed by atoms with van der Waals surface area (Å²) >= 11 is 0. The van der Waals surface area contributed by atoms with Crippen molar-refractivity contribution in [3.8, 4) is 0 Å². The maximum atomic E-state index is 11.8. The molecule has 0 aromatic carbocycles. The molecule has 124 valence electrons. The van der Waals surface area contributed by atoms with Crippen LogP contribution in [0.15, 0.2) is 0 Å². The van der Waals surface area contributed by atoms with E-state index < -0.39 is 5.60 Å². The van der Waals surface area contributed by atoms with Gasteiger partial charge in [-0.1, -0.05) is 13.8 Å². The van der Waals surface area contributed by atoms with Crippen molar-refractivity contribution in [2.24, 2.45) is 5.92 Å². The lowest BCUT2D eigenvalue weighted by Crippen LogP contribution is -2.42. The summed E-state index contributed by atoms with van der Waals surface area (Å²) in [7, 11) is 0. The maximum Gasteiger partial charge on any atom is 0.407 e. The van der Waals surface area contributed by atoms with Gasteiger partial charge in [0.25, 0.3) is 0 Å². The number of rotatable bonds is 6. The predicted molar refractivity (Wildman–Crippen MR) is 84.3 cm³/mol. The number of nitrogens with one attached hydrogen (secondary N) is 2. The molecule has 3 N–H and O–H groups in total. The van der Waals surface area contributed by atoms with Gasteiger partial charge in [-0.05, 0) is 52.4 Å². The van der Waals surface area contributed by atoms with Crippen LogP contribution in [0.25, 0.3) is 0 Å². The summed E-state index contributed by atoms with van der Waals surface area (Å²) in [4.78, 5) is 11.8. The van der Waals surface area contributed by atoms with Crippen LogP contribution in [0.2, 0.25) is 0 Å².